The number of carbonyl (C=O) groups is 2. The maximum Gasteiger partial charge on any atom is 0.416 e. The first kappa shape index (κ1) is 27.1. The molecule has 10 nitrogen and oxygen atoms in total. The van der Waals surface area contributed by atoms with Crippen LogP contribution in [0.15, 0.2) is 48.7 Å². The van der Waals surface area contributed by atoms with Crippen molar-refractivity contribution in [1.82, 2.24) is 29.5 Å². The lowest BCUT2D eigenvalue weighted by Crippen LogP contribution is -2.47. The van der Waals surface area contributed by atoms with E-state index in [1.165, 1.54) is 12.1 Å². The number of nitrogens with zero attached hydrogens (tertiary/aromatic N) is 6. The van der Waals surface area contributed by atoms with Gasteiger partial charge in [-0.1, -0.05) is 12.1 Å². The number of benzene rings is 2. The molecular formula is C27H27F3N8O2. The Hall–Kier alpha value is -4.52. The molecule has 1 aliphatic heterocycles. The number of hydrogen-bond acceptors (Lipinski definition) is 7. The number of amides is 2. The molecule has 1 fully saturated rings. The Kier molecular flexibility index (Phi) is 7.15. The van der Waals surface area contributed by atoms with Gasteiger partial charge in [-0.25, -0.2) is 9.97 Å². The van der Waals surface area contributed by atoms with E-state index in [-0.39, 0.29) is 23.0 Å². The van der Waals surface area contributed by atoms with Crippen LogP contribution >= 0.6 is 0 Å². The molecule has 1 aliphatic rings. The summed E-state index contributed by atoms with van der Waals surface area (Å²) in [5, 5.41) is 10.6. The van der Waals surface area contributed by atoms with Crippen LogP contribution < -0.4 is 10.6 Å². The summed E-state index contributed by atoms with van der Waals surface area (Å²) in [5.74, 6) is -0.499. The van der Waals surface area contributed by atoms with E-state index in [9.17, 15) is 22.8 Å². The van der Waals surface area contributed by atoms with Gasteiger partial charge in [0.1, 0.15) is 5.82 Å². The first-order chi connectivity index (χ1) is 19.0. The molecule has 0 saturated carbocycles. The van der Waals surface area contributed by atoms with E-state index in [1.807, 2.05) is 14.0 Å². The zero-order valence-electron chi connectivity index (χ0n) is 22.1. The molecule has 2 aromatic heterocycles. The topological polar surface area (TPSA) is 108 Å². The third-order valence-electron chi connectivity index (χ3n) is 6.77. The molecule has 0 radical (unpaired) electrons. The molecule has 0 aliphatic carbocycles. The summed E-state index contributed by atoms with van der Waals surface area (Å²) in [6, 6.07) is 9.30. The van der Waals surface area contributed by atoms with Gasteiger partial charge in [-0.05, 0) is 49.9 Å². The molecule has 13 heteroatoms. The summed E-state index contributed by atoms with van der Waals surface area (Å²) in [5.41, 5.74) is 1.15. The van der Waals surface area contributed by atoms with Crippen molar-refractivity contribution in [3.8, 4) is 0 Å². The number of fused-ring (bicyclic) bond motifs is 1. The summed E-state index contributed by atoms with van der Waals surface area (Å²) >= 11 is 0. The third-order valence-corrected chi connectivity index (χ3v) is 6.77. The molecule has 0 unspecified atom stereocenters. The zero-order valence-corrected chi connectivity index (χ0v) is 22.1. The zero-order chi connectivity index (χ0) is 28.6. The first-order valence-corrected chi connectivity index (χ1v) is 12.5. The SMILES string of the molecule is Cc1ccc(C(=O)Nc2cccc(C(F)(F)F)c2)cc1Nc1nc(C(=O)N2CCN(C)CC2)nc2c1cnn2C. The van der Waals surface area contributed by atoms with Crippen LogP contribution in [-0.2, 0) is 13.2 Å². The van der Waals surface area contributed by atoms with Crippen molar-refractivity contribution in [2.45, 2.75) is 13.1 Å². The second-order valence-corrected chi connectivity index (χ2v) is 9.68. The molecule has 0 atom stereocenters. The highest BCUT2D eigenvalue weighted by atomic mass is 19.4. The molecular weight excluding hydrogens is 525 g/mol. The van der Waals surface area contributed by atoms with E-state index in [1.54, 1.807) is 41.0 Å². The largest absolute Gasteiger partial charge is 0.416 e. The number of anilines is 3. The van der Waals surface area contributed by atoms with Gasteiger partial charge in [0.15, 0.2) is 5.65 Å². The van der Waals surface area contributed by atoms with Crippen molar-refractivity contribution >= 4 is 40.0 Å². The highest BCUT2D eigenvalue weighted by molar-refractivity contribution is 6.05. The summed E-state index contributed by atoms with van der Waals surface area (Å²) in [6.07, 6.45) is -2.94. The minimum absolute atomic E-state index is 0.0230. The summed E-state index contributed by atoms with van der Waals surface area (Å²) < 4.78 is 40.8. The number of alkyl halides is 3. The van der Waals surface area contributed by atoms with Gasteiger partial charge < -0.3 is 20.4 Å². The molecule has 2 amide bonds. The Balaban J connectivity index is 1.43. The fourth-order valence-corrected chi connectivity index (χ4v) is 4.37. The van der Waals surface area contributed by atoms with Gasteiger partial charge in [0.2, 0.25) is 5.82 Å². The fraction of sp³-hybridized carbons (Fsp3) is 0.296. The molecule has 2 N–H and O–H groups in total. The number of hydrogen-bond donors (Lipinski definition) is 2. The number of nitrogens with one attached hydrogen (secondary N) is 2. The van der Waals surface area contributed by atoms with Gasteiger partial charge in [0.05, 0.1) is 17.1 Å². The number of aryl methyl sites for hydroxylation is 2. The Morgan fingerprint density at radius 1 is 0.975 bits per heavy atom. The van der Waals surface area contributed by atoms with Crippen LogP contribution in [0.5, 0.6) is 0 Å². The third kappa shape index (κ3) is 5.59. The number of aromatic nitrogens is 4. The quantitative estimate of drug-likeness (QED) is 0.384. The average molecular weight is 553 g/mol. The highest BCUT2D eigenvalue weighted by Crippen LogP contribution is 2.31. The smallest absolute Gasteiger partial charge is 0.339 e. The lowest BCUT2D eigenvalue weighted by atomic mass is 10.1. The van der Waals surface area contributed by atoms with E-state index in [2.05, 4.69) is 30.6 Å². The van der Waals surface area contributed by atoms with Crippen molar-refractivity contribution in [2.24, 2.45) is 7.05 Å². The van der Waals surface area contributed by atoms with Crippen molar-refractivity contribution in [1.29, 1.82) is 0 Å². The van der Waals surface area contributed by atoms with E-state index < -0.39 is 17.6 Å². The maximum atomic E-state index is 13.3. The van der Waals surface area contributed by atoms with Gasteiger partial charge in [0.25, 0.3) is 11.8 Å². The van der Waals surface area contributed by atoms with Gasteiger partial charge in [-0.2, -0.15) is 18.3 Å². The highest BCUT2D eigenvalue weighted by Gasteiger charge is 2.30. The molecule has 0 spiro atoms. The molecule has 0 bridgehead atoms. The van der Waals surface area contributed by atoms with E-state index in [0.29, 0.717) is 35.6 Å². The lowest BCUT2D eigenvalue weighted by Gasteiger charge is -2.31. The predicted molar refractivity (Wildman–Crippen MR) is 144 cm³/mol. The van der Waals surface area contributed by atoms with Crippen LogP contribution in [0.2, 0.25) is 0 Å². The summed E-state index contributed by atoms with van der Waals surface area (Å²) in [6.45, 7) is 4.45. The van der Waals surface area contributed by atoms with Crippen LogP contribution in [0.4, 0.5) is 30.4 Å². The number of carbonyl (C=O) groups excluding carboxylic acids is 2. The van der Waals surface area contributed by atoms with E-state index in [0.717, 1.165) is 30.8 Å². The maximum absolute atomic E-state index is 13.3. The second kappa shape index (κ2) is 10.6. The number of halogens is 3. The van der Waals surface area contributed by atoms with Crippen LogP contribution in [0, 0.1) is 6.92 Å². The van der Waals surface area contributed by atoms with Crippen molar-refractivity contribution in [3.05, 3.63) is 71.2 Å². The number of piperazine rings is 1. The summed E-state index contributed by atoms with van der Waals surface area (Å²) in [4.78, 5) is 39.1. The van der Waals surface area contributed by atoms with Gasteiger partial charge in [-0.3, -0.25) is 14.3 Å². The van der Waals surface area contributed by atoms with E-state index in [4.69, 9.17) is 0 Å². The molecule has 4 aromatic rings. The van der Waals surface area contributed by atoms with Gasteiger partial charge in [-0.15, -0.1) is 0 Å². The lowest BCUT2D eigenvalue weighted by molar-refractivity contribution is -0.137. The molecule has 208 valence electrons. The van der Waals surface area contributed by atoms with Gasteiger partial charge >= 0.3 is 6.18 Å². The van der Waals surface area contributed by atoms with Crippen LogP contribution in [0.1, 0.15) is 32.1 Å². The van der Waals surface area contributed by atoms with Gasteiger partial charge in [0, 0.05) is 50.2 Å². The number of likely N-dealkylation sites (N-methyl/N-ethyl adjacent to an activating group) is 1. The summed E-state index contributed by atoms with van der Waals surface area (Å²) in [7, 11) is 3.71. The molecule has 1 saturated heterocycles. The monoisotopic (exact) mass is 552 g/mol. The van der Waals surface area contributed by atoms with Crippen LogP contribution in [0.3, 0.4) is 0 Å². The van der Waals surface area contributed by atoms with Crippen molar-refractivity contribution in [2.75, 3.05) is 43.9 Å². The molecule has 2 aromatic carbocycles. The normalized spacial score (nSPS) is 14.4. The number of rotatable bonds is 5. The Bertz CT molecular complexity index is 1590. The average Bonchev–Trinajstić information content (AvgIpc) is 3.30. The Morgan fingerprint density at radius 3 is 2.45 bits per heavy atom. The van der Waals surface area contributed by atoms with Crippen LogP contribution in [-0.4, -0.2) is 74.6 Å². The molecule has 5 rings (SSSR count). The minimum Gasteiger partial charge on any atom is -0.339 e. The Labute approximate surface area is 227 Å². The van der Waals surface area contributed by atoms with Crippen molar-refractivity contribution < 1.29 is 22.8 Å². The minimum atomic E-state index is -4.53. The molecule has 40 heavy (non-hydrogen) atoms. The predicted octanol–water partition coefficient (Wildman–Crippen LogP) is 4.07. The second-order valence-electron chi connectivity index (χ2n) is 9.68. The van der Waals surface area contributed by atoms with E-state index >= 15 is 0 Å². The van der Waals surface area contributed by atoms with Crippen molar-refractivity contribution in [3.63, 3.8) is 0 Å². The standard InChI is InChI=1S/C27H27F3N8O2/c1-16-7-8-17(25(39)32-19-6-4-5-18(14-19)27(28,29)30)13-21(16)33-22-20-15-31-37(3)24(20)35-23(34-22)26(40)38-11-9-36(2)10-12-38/h4-8,13-15H,9-12H2,1-3H3,(H,32,39)(H,33,34,35). The Morgan fingerprint density at radius 2 is 1.73 bits per heavy atom. The van der Waals surface area contributed by atoms with Crippen LogP contribution in [0.25, 0.3) is 11.0 Å². The fourth-order valence-electron chi connectivity index (χ4n) is 4.37. The molecule has 3 heterocycles. The first-order valence-electron chi connectivity index (χ1n) is 12.5.